The fourth-order valence-corrected chi connectivity index (χ4v) is 4.55. The molecule has 1 amide bonds. The van der Waals surface area contributed by atoms with Crippen molar-refractivity contribution in [1.29, 1.82) is 0 Å². The van der Waals surface area contributed by atoms with E-state index < -0.39 is 5.97 Å². The number of aryl methyl sites for hydroxylation is 2. The molecule has 0 fully saturated rings. The number of hydrogen-bond acceptors (Lipinski definition) is 5. The van der Waals surface area contributed by atoms with Gasteiger partial charge in [0.1, 0.15) is 16.3 Å². The number of carbonyl (C=O) groups is 2. The first-order valence-electron chi connectivity index (χ1n) is 10.5. The Morgan fingerprint density at radius 1 is 1.03 bits per heavy atom. The fourth-order valence-electron chi connectivity index (χ4n) is 3.35. The van der Waals surface area contributed by atoms with Gasteiger partial charge in [-0.1, -0.05) is 49.2 Å². The molecule has 0 unspecified atom stereocenters. The first-order valence-corrected chi connectivity index (χ1v) is 11.7. The van der Waals surface area contributed by atoms with Crippen LogP contribution in [0.4, 0.5) is 5.00 Å². The summed E-state index contributed by atoms with van der Waals surface area (Å²) < 4.78 is 10.9. The van der Waals surface area contributed by atoms with E-state index in [0.29, 0.717) is 21.3 Å². The van der Waals surface area contributed by atoms with E-state index in [1.807, 2.05) is 43.3 Å². The molecule has 168 valence electrons. The van der Waals surface area contributed by atoms with Crippen LogP contribution in [-0.4, -0.2) is 25.1 Å². The average Bonchev–Trinajstić information content (AvgIpc) is 3.09. The van der Waals surface area contributed by atoms with Gasteiger partial charge in [0.2, 0.25) is 0 Å². The van der Waals surface area contributed by atoms with Crippen molar-refractivity contribution in [2.75, 3.05) is 18.5 Å². The first-order chi connectivity index (χ1) is 15.4. The molecule has 32 heavy (non-hydrogen) atoms. The predicted molar refractivity (Wildman–Crippen MR) is 130 cm³/mol. The lowest BCUT2D eigenvalue weighted by molar-refractivity contribution is -0.118. The molecule has 1 N–H and O–H groups in total. The molecule has 0 saturated carbocycles. The molecule has 0 bridgehead atoms. The van der Waals surface area contributed by atoms with E-state index in [2.05, 4.69) is 12.2 Å². The second-order valence-electron chi connectivity index (χ2n) is 7.20. The molecule has 0 aliphatic rings. The van der Waals surface area contributed by atoms with Crippen molar-refractivity contribution >= 4 is 39.8 Å². The minimum atomic E-state index is -0.482. The quantitative estimate of drug-likeness (QED) is 0.360. The maximum absolute atomic E-state index is 12.8. The van der Waals surface area contributed by atoms with Crippen molar-refractivity contribution < 1.29 is 19.1 Å². The van der Waals surface area contributed by atoms with E-state index >= 15 is 0 Å². The molecule has 1 heterocycles. The van der Waals surface area contributed by atoms with Crippen molar-refractivity contribution in [3.05, 3.63) is 69.6 Å². The van der Waals surface area contributed by atoms with Crippen LogP contribution in [0.5, 0.6) is 5.75 Å². The lowest BCUT2D eigenvalue weighted by Crippen LogP contribution is -2.21. The predicted octanol–water partition coefficient (Wildman–Crippen LogP) is 6.52. The molecule has 5 nitrogen and oxygen atoms in total. The summed E-state index contributed by atoms with van der Waals surface area (Å²) in [5.41, 5.74) is 3.13. The van der Waals surface area contributed by atoms with Crippen LogP contribution in [0.15, 0.2) is 48.5 Å². The Kier molecular flexibility index (Phi) is 8.31. The minimum Gasteiger partial charge on any atom is -0.484 e. The lowest BCUT2D eigenvalue weighted by atomic mass is 10.0. The Morgan fingerprint density at radius 2 is 1.72 bits per heavy atom. The zero-order valence-corrected chi connectivity index (χ0v) is 19.9. The normalized spacial score (nSPS) is 10.6. The minimum absolute atomic E-state index is 0.164. The van der Waals surface area contributed by atoms with E-state index in [9.17, 15) is 9.59 Å². The van der Waals surface area contributed by atoms with Crippen LogP contribution < -0.4 is 10.1 Å². The van der Waals surface area contributed by atoms with Gasteiger partial charge in [0, 0.05) is 15.5 Å². The van der Waals surface area contributed by atoms with E-state index in [-0.39, 0.29) is 19.1 Å². The monoisotopic (exact) mass is 471 g/mol. The number of ether oxygens (including phenoxy) is 2. The summed E-state index contributed by atoms with van der Waals surface area (Å²) in [5.74, 6) is -0.212. The van der Waals surface area contributed by atoms with E-state index in [0.717, 1.165) is 28.8 Å². The van der Waals surface area contributed by atoms with Crippen molar-refractivity contribution in [3.63, 3.8) is 0 Å². The molecular formula is C25H26ClNO4S. The standard InChI is InChI=1S/C25H26ClNO4S/c1-4-6-17-7-13-20(14-8-17)31-15-21(28)27-24-23(25(29)30-5-2)22(16(3)32-24)18-9-11-19(26)12-10-18/h7-14H,4-6,15H2,1-3H3,(H,27,28). The molecule has 0 spiro atoms. The number of carbonyl (C=O) groups excluding carboxylic acids is 2. The highest BCUT2D eigenvalue weighted by Crippen LogP contribution is 2.40. The van der Waals surface area contributed by atoms with Gasteiger partial charge in [0.15, 0.2) is 6.61 Å². The van der Waals surface area contributed by atoms with Gasteiger partial charge in [-0.3, -0.25) is 4.79 Å². The highest BCUT2D eigenvalue weighted by molar-refractivity contribution is 7.17. The molecule has 0 radical (unpaired) electrons. The molecule has 2 aromatic carbocycles. The summed E-state index contributed by atoms with van der Waals surface area (Å²) in [5, 5.41) is 3.87. The number of rotatable bonds is 9. The number of halogens is 1. The van der Waals surface area contributed by atoms with Crippen LogP contribution in [0.2, 0.25) is 5.02 Å². The lowest BCUT2D eigenvalue weighted by Gasteiger charge is -2.10. The highest BCUT2D eigenvalue weighted by atomic mass is 35.5. The van der Waals surface area contributed by atoms with Gasteiger partial charge in [0.05, 0.1) is 6.61 Å². The summed E-state index contributed by atoms with van der Waals surface area (Å²) in [6.07, 6.45) is 2.08. The fraction of sp³-hybridized carbons (Fsp3) is 0.280. The molecule has 0 saturated heterocycles. The third kappa shape index (κ3) is 5.90. The number of anilines is 1. The Balaban J connectivity index is 1.79. The average molecular weight is 472 g/mol. The Bertz CT molecular complexity index is 1070. The Morgan fingerprint density at radius 3 is 2.34 bits per heavy atom. The van der Waals surface area contributed by atoms with Crippen molar-refractivity contribution in [2.24, 2.45) is 0 Å². The topological polar surface area (TPSA) is 64.6 Å². The zero-order valence-electron chi connectivity index (χ0n) is 18.4. The van der Waals surface area contributed by atoms with E-state index in [1.165, 1.54) is 16.9 Å². The smallest absolute Gasteiger partial charge is 0.341 e. The SMILES string of the molecule is CCCc1ccc(OCC(=O)Nc2sc(C)c(-c3ccc(Cl)cc3)c2C(=O)OCC)cc1. The van der Waals surface area contributed by atoms with Gasteiger partial charge < -0.3 is 14.8 Å². The van der Waals surface area contributed by atoms with Crippen LogP contribution in [0, 0.1) is 6.92 Å². The summed E-state index contributed by atoms with van der Waals surface area (Å²) in [6, 6.07) is 14.9. The molecule has 0 aliphatic heterocycles. The molecule has 7 heteroatoms. The largest absolute Gasteiger partial charge is 0.484 e. The number of esters is 1. The number of nitrogens with one attached hydrogen (secondary N) is 1. The molecule has 1 aromatic heterocycles. The number of amides is 1. The number of benzene rings is 2. The number of hydrogen-bond donors (Lipinski definition) is 1. The van der Waals surface area contributed by atoms with Gasteiger partial charge in [-0.2, -0.15) is 0 Å². The molecule has 0 aliphatic carbocycles. The maximum atomic E-state index is 12.8. The van der Waals surface area contributed by atoms with Crippen LogP contribution in [0.25, 0.3) is 11.1 Å². The summed E-state index contributed by atoms with van der Waals surface area (Å²) >= 11 is 7.34. The van der Waals surface area contributed by atoms with E-state index in [1.54, 1.807) is 19.1 Å². The van der Waals surface area contributed by atoms with Gasteiger partial charge in [0.25, 0.3) is 5.91 Å². The summed E-state index contributed by atoms with van der Waals surface area (Å²) in [4.78, 5) is 26.2. The number of thiophene rings is 1. The second kappa shape index (κ2) is 11.2. The summed E-state index contributed by atoms with van der Waals surface area (Å²) in [6.45, 7) is 5.85. The van der Waals surface area contributed by atoms with Gasteiger partial charge in [-0.15, -0.1) is 11.3 Å². The Hall–Kier alpha value is -2.83. The van der Waals surface area contributed by atoms with Gasteiger partial charge >= 0.3 is 5.97 Å². The molecular weight excluding hydrogens is 446 g/mol. The molecule has 3 rings (SSSR count). The second-order valence-corrected chi connectivity index (χ2v) is 8.86. The molecule has 3 aromatic rings. The van der Waals surface area contributed by atoms with Crippen LogP contribution in [0.3, 0.4) is 0 Å². The van der Waals surface area contributed by atoms with Crippen LogP contribution in [-0.2, 0) is 16.0 Å². The third-order valence-corrected chi connectivity index (χ3v) is 6.05. The highest BCUT2D eigenvalue weighted by Gasteiger charge is 2.25. The van der Waals surface area contributed by atoms with Gasteiger partial charge in [-0.05, 0) is 55.7 Å². The maximum Gasteiger partial charge on any atom is 0.341 e. The van der Waals surface area contributed by atoms with Crippen LogP contribution >= 0.6 is 22.9 Å². The van der Waals surface area contributed by atoms with Crippen molar-refractivity contribution in [2.45, 2.75) is 33.6 Å². The van der Waals surface area contributed by atoms with Crippen molar-refractivity contribution in [3.8, 4) is 16.9 Å². The molecule has 0 atom stereocenters. The first kappa shape index (κ1) is 23.8. The van der Waals surface area contributed by atoms with Crippen molar-refractivity contribution in [1.82, 2.24) is 0 Å². The van der Waals surface area contributed by atoms with Gasteiger partial charge in [-0.25, -0.2) is 4.79 Å². The third-order valence-electron chi connectivity index (χ3n) is 4.78. The summed E-state index contributed by atoms with van der Waals surface area (Å²) in [7, 11) is 0. The zero-order chi connectivity index (χ0) is 23.1. The van der Waals surface area contributed by atoms with Crippen LogP contribution in [0.1, 0.15) is 41.1 Å². The Labute approximate surface area is 197 Å². The van der Waals surface area contributed by atoms with E-state index in [4.69, 9.17) is 21.1 Å².